The highest BCUT2D eigenvalue weighted by Crippen LogP contribution is 2.33. The van der Waals surface area contributed by atoms with Crippen LogP contribution in [-0.2, 0) is 4.74 Å². The predicted molar refractivity (Wildman–Crippen MR) is 45.3 cm³/mol. The Balaban J connectivity index is 4.63. The van der Waals surface area contributed by atoms with E-state index in [1.54, 1.807) is 6.92 Å². The Hall–Kier alpha value is -1.15. The molecule has 0 bridgehead atoms. The number of alkyl carbamates (subject to hydrolysis) is 1. The highest BCUT2D eigenvalue weighted by atomic mass is 19.4. The molecule has 9 heteroatoms. The summed E-state index contributed by atoms with van der Waals surface area (Å²) in [7, 11) is 0. The first-order valence-corrected chi connectivity index (χ1v) is 4.59. The van der Waals surface area contributed by atoms with Crippen molar-refractivity contribution >= 4 is 6.09 Å². The first-order valence-electron chi connectivity index (χ1n) is 4.59. The van der Waals surface area contributed by atoms with Crippen LogP contribution in [0.25, 0.3) is 0 Å². The molecule has 0 radical (unpaired) electrons. The molecule has 0 aliphatic rings. The van der Waals surface area contributed by atoms with Crippen molar-refractivity contribution < 1.29 is 35.9 Å². The second-order valence-corrected chi connectivity index (χ2v) is 3.28. The molecular weight excluding hydrogens is 256 g/mol. The van der Waals surface area contributed by atoms with Crippen LogP contribution in [-0.4, -0.2) is 30.6 Å². The Morgan fingerprint density at radius 3 is 1.88 bits per heavy atom. The molecule has 0 aromatic rings. The minimum Gasteiger partial charge on any atom is -0.447 e. The van der Waals surface area contributed by atoms with Gasteiger partial charge < -0.3 is 10.1 Å². The Bertz CT molecular complexity index is 248. The molecule has 0 aliphatic carbocycles. The van der Waals surface area contributed by atoms with E-state index in [0.29, 0.717) is 0 Å². The third-order valence-corrected chi connectivity index (χ3v) is 1.80. The largest absolute Gasteiger partial charge is 0.447 e. The van der Waals surface area contributed by atoms with Crippen molar-refractivity contribution in [3.8, 4) is 0 Å². The highest BCUT2D eigenvalue weighted by molar-refractivity contribution is 5.68. The van der Waals surface area contributed by atoms with Crippen LogP contribution in [0.5, 0.6) is 0 Å². The average molecular weight is 267 g/mol. The van der Waals surface area contributed by atoms with Crippen LogP contribution in [0.4, 0.5) is 31.1 Å². The smallest absolute Gasteiger partial charge is 0.417 e. The summed E-state index contributed by atoms with van der Waals surface area (Å²) in [6, 6.07) is -3.92. The number of rotatable bonds is 3. The summed E-state index contributed by atoms with van der Waals surface area (Å²) < 4.78 is 76.3. The monoisotopic (exact) mass is 267 g/mol. The number of halogens is 6. The molecule has 0 fully saturated rings. The summed E-state index contributed by atoms with van der Waals surface area (Å²) in [4.78, 5) is 10.8. The van der Waals surface area contributed by atoms with Gasteiger partial charge in [0.15, 0.2) is 0 Å². The van der Waals surface area contributed by atoms with Crippen LogP contribution in [0.1, 0.15) is 20.3 Å². The van der Waals surface area contributed by atoms with Crippen LogP contribution in [0.3, 0.4) is 0 Å². The zero-order valence-corrected chi connectivity index (χ0v) is 8.95. The topological polar surface area (TPSA) is 38.3 Å². The molecule has 17 heavy (non-hydrogen) atoms. The average Bonchev–Trinajstić information content (AvgIpc) is 2.10. The van der Waals surface area contributed by atoms with Gasteiger partial charge in [-0.25, -0.2) is 4.79 Å². The van der Waals surface area contributed by atoms with Gasteiger partial charge in [0.05, 0.1) is 0 Å². The first kappa shape index (κ1) is 15.9. The van der Waals surface area contributed by atoms with E-state index >= 15 is 0 Å². The fourth-order valence-corrected chi connectivity index (χ4v) is 0.767. The van der Waals surface area contributed by atoms with Gasteiger partial charge >= 0.3 is 18.4 Å². The van der Waals surface area contributed by atoms with Crippen molar-refractivity contribution in [3.05, 3.63) is 0 Å². The maximum absolute atomic E-state index is 12.0. The molecular formula is C8H11F6NO2. The summed E-state index contributed by atoms with van der Waals surface area (Å²) in [5.74, 6) is 0. The number of carbonyl (C=O) groups excluding carboxylic acids is 1. The summed E-state index contributed by atoms with van der Waals surface area (Å²) in [5, 5.41) is 0.751. The molecule has 102 valence electrons. The van der Waals surface area contributed by atoms with E-state index in [-0.39, 0.29) is 6.42 Å². The molecule has 0 spiro atoms. The zero-order valence-electron chi connectivity index (χ0n) is 8.95. The Kier molecular flexibility index (Phi) is 5.09. The van der Waals surface area contributed by atoms with Gasteiger partial charge in [-0.15, -0.1) is 0 Å². The van der Waals surface area contributed by atoms with Gasteiger partial charge in [0, 0.05) is 0 Å². The highest BCUT2D eigenvalue weighted by Gasteiger charge is 2.57. The van der Waals surface area contributed by atoms with E-state index in [4.69, 9.17) is 0 Å². The van der Waals surface area contributed by atoms with E-state index in [1.807, 2.05) is 0 Å². The Morgan fingerprint density at radius 1 is 1.18 bits per heavy atom. The summed E-state index contributed by atoms with van der Waals surface area (Å²) in [6.07, 6.45) is -13.5. The number of amides is 1. The van der Waals surface area contributed by atoms with Gasteiger partial charge in [-0.2, -0.15) is 26.3 Å². The summed E-state index contributed by atoms with van der Waals surface area (Å²) >= 11 is 0. The van der Waals surface area contributed by atoms with Crippen molar-refractivity contribution in [3.63, 3.8) is 0 Å². The van der Waals surface area contributed by atoms with Gasteiger partial charge in [-0.1, -0.05) is 6.92 Å². The molecule has 0 saturated carbocycles. The lowest BCUT2D eigenvalue weighted by Crippen LogP contribution is -2.54. The standard InChI is InChI=1S/C8H11F6NO2/c1-3-4(2)17-6(16)15-5(7(9,10)11)8(12,13)14/h4-5H,3H2,1-2H3,(H,15,16)/t4-/m0/s1. The SMILES string of the molecule is CC[C@H](C)OC(=O)NC(C(F)(F)F)C(F)(F)F. The second-order valence-electron chi connectivity index (χ2n) is 3.28. The first-order chi connectivity index (χ1) is 7.48. The van der Waals surface area contributed by atoms with Crippen LogP contribution in [0, 0.1) is 0 Å². The molecule has 1 amide bonds. The third-order valence-electron chi connectivity index (χ3n) is 1.80. The molecule has 0 aromatic carbocycles. The van der Waals surface area contributed by atoms with Crippen molar-refractivity contribution in [2.75, 3.05) is 0 Å². The van der Waals surface area contributed by atoms with Gasteiger partial charge in [-0.05, 0) is 13.3 Å². The number of hydrogen-bond acceptors (Lipinski definition) is 2. The van der Waals surface area contributed by atoms with E-state index in [9.17, 15) is 31.1 Å². The van der Waals surface area contributed by atoms with Crippen LogP contribution < -0.4 is 5.32 Å². The van der Waals surface area contributed by atoms with Crippen LogP contribution in [0.15, 0.2) is 0 Å². The number of alkyl halides is 6. The molecule has 1 atom stereocenters. The minimum absolute atomic E-state index is 0.274. The minimum atomic E-state index is -5.62. The molecule has 1 N–H and O–H groups in total. The number of carbonyl (C=O) groups is 1. The second kappa shape index (κ2) is 5.46. The van der Waals surface area contributed by atoms with Gasteiger partial charge in [0.1, 0.15) is 6.10 Å². The Labute approximate surface area is 93.1 Å². The van der Waals surface area contributed by atoms with E-state index in [0.717, 1.165) is 5.32 Å². The number of hydrogen-bond donors (Lipinski definition) is 1. The number of nitrogens with one attached hydrogen (secondary N) is 1. The molecule has 0 aliphatic heterocycles. The molecule has 0 unspecified atom stereocenters. The van der Waals surface area contributed by atoms with Gasteiger partial charge in [0.2, 0.25) is 6.04 Å². The van der Waals surface area contributed by atoms with Crippen LogP contribution >= 0.6 is 0 Å². The van der Waals surface area contributed by atoms with E-state index in [2.05, 4.69) is 4.74 Å². The fourth-order valence-electron chi connectivity index (χ4n) is 0.767. The molecule has 0 aromatic heterocycles. The zero-order chi connectivity index (χ0) is 13.9. The van der Waals surface area contributed by atoms with Crippen molar-refractivity contribution in [2.45, 2.75) is 44.8 Å². The van der Waals surface area contributed by atoms with E-state index < -0.39 is 30.6 Å². The van der Waals surface area contributed by atoms with Gasteiger partial charge in [-0.3, -0.25) is 0 Å². The fraction of sp³-hybridized carbons (Fsp3) is 0.875. The molecule has 0 heterocycles. The lowest BCUT2D eigenvalue weighted by molar-refractivity contribution is -0.256. The van der Waals surface area contributed by atoms with Crippen molar-refractivity contribution in [1.29, 1.82) is 0 Å². The molecule has 3 nitrogen and oxygen atoms in total. The summed E-state index contributed by atoms with van der Waals surface area (Å²) in [6.45, 7) is 2.90. The molecule has 0 rings (SSSR count). The van der Waals surface area contributed by atoms with Crippen LogP contribution in [0.2, 0.25) is 0 Å². The maximum Gasteiger partial charge on any atom is 0.417 e. The van der Waals surface area contributed by atoms with Crippen molar-refractivity contribution in [2.24, 2.45) is 0 Å². The lowest BCUT2D eigenvalue weighted by Gasteiger charge is -2.24. The third kappa shape index (κ3) is 5.64. The Morgan fingerprint density at radius 2 is 1.59 bits per heavy atom. The normalized spacial score (nSPS) is 14.6. The lowest BCUT2D eigenvalue weighted by atomic mass is 10.3. The summed E-state index contributed by atoms with van der Waals surface area (Å²) in [5.41, 5.74) is 0. The maximum atomic E-state index is 12.0. The van der Waals surface area contributed by atoms with E-state index in [1.165, 1.54) is 6.92 Å². The van der Waals surface area contributed by atoms with Crippen molar-refractivity contribution in [1.82, 2.24) is 5.32 Å². The van der Waals surface area contributed by atoms with Gasteiger partial charge in [0.25, 0.3) is 0 Å². The quantitative estimate of drug-likeness (QED) is 0.798. The number of ether oxygens (including phenoxy) is 1. The predicted octanol–water partition coefficient (Wildman–Crippen LogP) is 3.00. The molecule has 0 saturated heterocycles.